The minimum Gasteiger partial charge on any atom is -0.372 e. The van der Waals surface area contributed by atoms with Crippen LogP contribution in [0.4, 0.5) is 19.3 Å². The van der Waals surface area contributed by atoms with Gasteiger partial charge in [-0.2, -0.15) is 0 Å². The van der Waals surface area contributed by atoms with E-state index in [1.807, 2.05) is 0 Å². The maximum Gasteiger partial charge on any atom is 0.328 e. The van der Waals surface area contributed by atoms with Crippen LogP contribution in [0.25, 0.3) is 11.3 Å². The Kier molecular flexibility index (Phi) is 4.98. The summed E-state index contributed by atoms with van der Waals surface area (Å²) in [6, 6.07) is -0.505. The maximum absolute atomic E-state index is 15.6. The number of barbiturate groups is 1. The third-order valence-electron chi connectivity index (χ3n) is 6.36. The van der Waals surface area contributed by atoms with Crippen LogP contribution in [0.15, 0.2) is 23.1 Å². The van der Waals surface area contributed by atoms with Crippen LogP contribution in [-0.4, -0.2) is 52.6 Å². The van der Waals surface area contributed by atoms with Gasteiger partial charge in [0.1, 0.15) is 4.60 Å². The van der Waals surface area contributed by atoms with Gasteiger partial charge in [-0.05, 0) is 41.4 Å². The minimum absolute atomic E-state index is 0.0311. The molecule has 0 unspecified atom stereocenters. The molecule has 0 bridgehead atoms. The highest BCUT2D eigenvalue weighted by atomic mass is 79.9. The topological polar surface area (TPSA) is 114 Å². The monoisotopic (exact) mass is 521 g/mol. The Morgan fingerprint density at radius 2 is 1.82 bits per heavy atom. The number of imide groups is 2. The number of carbonyl (C=O) groups is 3. The Balaban J connectivity index is 1.74. The molecule has 2 N–H and O–H groups in total. The summed E-state index contributed by atoms with van der Waals surface area (Å²) in [4.78, 5) is 47.7. The summed E-state index contributed by atoms with van der Waals surface area (Å²) in [7, 11) is 0. The van der Waals surface area contributed by atoms with Crippen LogP contribution < -0.4 is 15.5 Å². The molecule has 0 aliphatic carbocycles. The van der Waals surface area contributed by atoms with Crippen molar-refractivity contribution in [3.05, 3.63) is 40.3 Å². The number of anilines is 1. The van der Waals surface area contributed by atoms with Crippen LogP contribution in [0.3, 0.4) is 0 Å². The molecule has 3 aliphatic heterocycles. The first-order chi connectivity index (χ1) is 15.6. The van der Waals surface area contributed by atoms with Gasteiger partial charge in [0.2, 0.25) is 11.8 Å². The Labute approximate surface area is 195 Å². The van der Waals surface area contributed by atoms with Crippen molar-refractivity contribution in [2.24, 2.45) is 5.41 Å². The van der Waals surface area contributed by atoms with E-state index in [0.717, 1.165) is 0 Å². The van der Waals surface area contributed by atoms with E-state index in [9.17, 15) is 14.4 Å². The average Bonchev–Trinajstić information content (AvgIpc) is 2.74. The van der Waals surface area contributed by atoms with Gasteiger partial charge in [0.25, 0.3) is 0 Å². The van der Waals surface area contributed by atoms with Crippen LogP contribution in [0.2, 0.25) is 0 Å². The van der Waals surface area contributed by atoms with Gasteiger partial charge in [-0.1, -0.05) is 0 Å². The van der Waals surface area contributed by atoms with E-state index >= 15 is 8.78 Å². The van der Waals surface area contributed by atoms with E-state index in [-0.39, 0.29) is 41.6 Å². The number of fused-ring (bicyclic) bond motifs is 4. The quantitative estimate of drug-likeness (QED) is 0.552. The number of amides is 4. The summed E-state index contributed by atoms with van der Waals surface area (Å²) in [5.74, 6) is -3.84. The number of hydrogen-bond donors (Lipinski definition) is 2. The minimum atomic E-state index is -1.78. The first-order valence-electron chi connectivity index (χ1n) is 10.2. The van der Waals surface area contributed by atoms with Gasteiger partial charge in [0.05, 0.1) is 42.0 Å². The summed E-state index contributed by atoms with van der Waals surface area (Å²) in [5.41, 5.74) is -1.64. The number of rotatable bonds is 1. The Morgan fingerprint density at radius 1 is 1.12 bits per heavy atom. The highest BCUT2D eigenvalue weighted by Crippen LogP contribution is 2.49. The number of morpholine rings is 1. The summed E-state index contributed by atoms with van der Waals surface area (Å²) < 4.78 is 37.1. The molecule has 2 saturated heterocycles. The summed E-state index contributed by atoms with van der Waals surface area (Å²) in [6.07, 6.45) is 1.31. The molecule has 1 spiro atoms. The van der Waals surface area contributed by atoms with Gasteiger partial charge >= 0.3 is 6.03 Å². The second-order valence-corrected chi connectivity index (χ2v) is 9.23. The fourth-order valence-electron chi connectivity index (χ4n) is 5.17. The smallest absolute Gasteiger partial charge is 0.328 e. The van der Waals surface area contributed by atoms with Crippen molar-refractivity contribution >= 4 is 39.5 Å². The molecular formula is C21H18BrF2N5O4. The lowest BCUT2D eigenvalue weighted by Crippen LogP contribution is -2.75. The second-order valence-electron chi connectivity index (χ2n) is 8.42. The van der Waals surface area contributed by atoms with Crippen LogP contribution in [0.1, 0.15) is 19.4 Å². The van der Waals surface area contributed by atoms with E-state index in [0.29, 0.717) is 4.60 Å². The van der Waals surface area contributed by atoms with Crippen molar-refractivity contribution < 1.29 is 27.9 Å². The van der Waals surface area contributed by atoms with Gasteiger partial charge < -0.3 is 9.64 Å². The largest absolute Gasteiger partial charge is 0.372 e. The highest BCUT2D eigenvalue weighted by Gasteiger charge is 2.63. The standard InChI is InChI=1S/C21H18BrF2N5O4/c1-8-7-29-16-10(3-11(14(23)15(16)24)12-5-26-13(22)6-25-12)4-21(17(29)9(2)33-8)18(30)27-20(32)28-19(21)31/h3,5-6,8-9,17H,4,7H2,1-2H3,(H2,27,28,30,31,32)/t8-,9+,17-/m1/s1. The van der Waals surface area contributed by atoms with Crippen molar-refractivity contribution in [3.8, 4) is 11.3 Å². The lowest BCUT2D eigenvalue weighted by atomic mass is 9.66. The normalized spacial score (nSPS) is 25.9. The van der Waals surface area contributed by atoms with Gasteiger partial charge in [0.15, 0.2) is 17.0 Å². The van der Waals surface area contributed by atoms with Crippen molar-refractivity contribution in [2.75, 3.05) is 11.4 Å². The zero-order valence-electron chi connectivity index (χ0n) is 17.5. The first kappa shape index (κ1) is 21.8. The summed E-state index contributed by atoms with van der Waals surface area (Å²) in [6.45, 7) is 3.54. The molecule has 4 heterocycles. The average molecular weight is 522 g/mol. The predicted octanol–water partition coefficient (Wildman–Crippen LogP) is 2.07. The third-order valence-corrected chi connectivity index (χ3v) is 6.77. The fraction of sp³-hybridized carbons (Fsp3) is 0.381. The molecule has 1 aromatic carbocycles. The van der Waals surface area contributed by atoms with Crippen molar-refractivity contribution in [3.63, 3.8) is 0 Å². The second kappa shape index (κ2) is 7.52. The number of carbonyl (C=O) groups excluding carboxylic acids is 3. The molecule has 9 nitrogen and oxygen atoms in total. The van der Waals surface area contributed by atoms with Crippen LogP contribution in [-0.2, 0) is 20.7 Å². The molecule has 2 aromatic rings. The van der Waals surface area contributed by atoms with Crippen molar-refractivity contribution in [1.82, 2.24) is 20.6 Å². The first-order valence-corrected chi connectivity index (χ1v) is 11.0. The number of nitrogens with one attached hydrogen (secondary N) is 2. The Bertz CT molecular complexity index is 1190. The van der Waals surface area contributed by atoms with E-state index < -0.39 is 47.0 Å². The van der Waals surface area contributed by atoms with Crippen molar-refractivity contribution in [2.45, 2.75) is 38.5 Å². The number of aromatic nitrogens is 2. The van der Waals surface area contributed by atoms with Crippen molar-refractivity contribution in [1.29, 1.82) is 0 Å². The third kappa shape index (κ3) is 3.15. The number of ether oxygens (including phenoxy) is 1. The number of halogens is 3. The van der Waals surface area contributed by atoms with Crippen LogP contribution in [0.5, 0.6) is 0 Å². The Hall–Kier alpha value is -2.99. The molecule has 0 radical (unpaired) electrons. The number of benzene rings is 1. The van der Waals surface area contributed by atoms with E-state index in [2.05, 4.69) is 36.5 Å². The SMILES string of the molecule is C[C@@H]1CN2c3c(cc(-c4cnc(Br)cn4)c(F)c3F)CC3(C(=O)NC(=O)NC3=O)[C@H]2[C@H](C)O1. The Morgan fingerprint density at radius 3 is 2.45 bits per heavy atom. The van der Waals surface area contributed by atoms with E-state index in [4.69, 9.17) is 4.74 Å². The van der Waals surface area contributed by atoms with Crippen LogP contribution >= 0.6 is 15.9 Å². The van der Waals surface area contributed by atoms with Gasteiger partial charge in [-0.3, -0.25) is 25.2 Å². The number of urea groups is 1. The summed E-state index contributed by atoms with van der Waals surface area (Å²) >= 11 is 3.15. The molecule has 0 saturated carbocycles. The lowest BCUT2D eigenvalue weighted by Gasteiger charge is -2.55. The molecule has 1 aromatic heterocycles. The molecule has 5 rings (SSSR count). The molecular weight excluding hydrogens is 504 g/mol. The molecule has 3 aliphatic rings. The lowest BCUT2D eigenvalue weighted by molar-refractivity contribution is -0.153. The van der Waals surface area contributed by atoms with Gasteiger partial charge in [-0.25, -0.2) is 18.6 Å². The van der Waals surface area contributed by atoms with Crippen LogP contribution in [0, 0.1) is 17.0 Å². The van der Waals surface area contributed by atoms with E-state index in [1.165, 1.54) is 23.4 Å². The zero-order valence-corrected chi connectivity index (χ0v) is 19.1. The molecule has 12 heteroatoms. The molecule has 172 valence electrons. The molecule has 33 heavy (non-hydrogen) atoms. The predicted molar refractivity (Wildman–Crippen MR) is 114 cm³/mol. The number of nitrogens with zero attached hydrogens (tertiary/aromatic N) is 3. The number of hydrogen-bond acceptors (Lipinski definition) is 7. The van der Waals surface area contributed by atoms with Gasteiger partial charge in [0, 0.05) is 18.5 Å². The fourth-order valence-corrected chi connectivity index (χ4v) is 5.38. The molecule has 3 atom stereocenters. The molecule has 4 amide bonds. The highest BCUT2D eigenvalue weighted by molar-refractivity contribution is 9.10. The zero-order chi connectivity index (χ0) is 23.7. The van der Waals surface area contributed by atoms with E-state index in [1.54, 1.807) is 13.8 Å². The summed E-state index contributed by atoms with van der Waals surface area (Å²) in [5, 5.41) is 4.31. The maximum atomic E-state index is 15.6. The molecule has 2 fully saturated rings. The van der Waals surface area contributed by atoms with Gasteiger partial charge in [-0.15, -0.1) is 0 Å².